The van der Waals surface area contributed by atoms with Gasteiger partial charge in [-0.25, -0.2) is 4.98 Å². The van der Waals surface area contributed by atoms with Gasteiger partial charge in [0.1, 0.15) is 5.82 Å². The maximum Gasteiger partial charge on any atom is 0.122 e. The van der Waals surface area contributed by atoms with Crippen LogP contribution in [0.5, 0.6) is 0 Å². The van der Waals surface area contributed by atoms with E-state index in [1.807, 2.05) is 17.5 Å². The van der Waals surface area contributed by atoms with Crippen LogP contribution in [0.3, 0.4) is 0 Å². The molecule has 20 heavy (non-hydrogen) atoms. The van der Waals surface area contributed by atoms with E-state index in [9.17, 15) is 0 Å². The Bertz CT molecular complexity index is 584. The van der Waals surface area contributed by atoms with Gasteiger partial charge in [0.2, 0.25) is 0 Å². The predicted octanol–water partition coefficient (Wildman–Crippen LogP) is 2.21. The molecule has 0 aromatic carbocycles. The first-order valence-corrected chi connectivity index (χ1v) is 8.22. The zero-order valence-electron chi connectivity index (χ0n) is 11.6. The molecule has 0 radical (unpaired) electrons. The summed E-state index contributed by atoms with van der Waals surface area (Å²) in [6, 6.07) is 5.36. The van der Waals surface area contributed by atoms with E-state index in [1.54, 1.807) is 0 Å². The van der Waals surface area contributed by atoms with Crippen molar-refractivity contribution >= 4 is 11.3 Å². The number of nitrogens with one attached hydrogen (secondary N) is 1. The van der Waals surface area contributed by atoms with Crippen LogP contribution >= 0.6 is 11.3 Å². The summed E-state index contributed by atoms with van der Waals surface area (Å²) in [6.07, 6.45) is 6.71. The molecule has 4 rings (SSSR count). The molecule has 1 N–H and O–H groups in total. The number of hydrogen-bond donors (Lipinski definition) is 1. The normalized spacial score (nSPS) is 19.2. The van der Waals surface area contributed by atoms with Crippen LogP contribution in [-0.2, 0) is 26.2 Å². The molecule has 2 aliphatic rings. The molecule has 1 aliphatic carbocycles. The van der Waals surface area contributed by atoms with Crippen molar-refractivity contribution in [2.45, 2.75) is 45.1 Å². The Labute approximate surface area is 123 Å². The van der Waals surface area contributed by atoms with Crippen LogP contribution in [-0.4, -0.2) is 27.0 Å². The number of hydrogen-bond acceptors (Lipinski definition) is 4. The Morgan fingerprint density at radius 3 is 3.05 bits per heavy atom. The summed E-state index contributed by atoms with van der Waals surface area (Å²) in [4.78, 5) is 9.85. The number of imidazole rings is 1. The zero-order chi connectivity index (χ0) is 13.4. The highest BCUT2D eigenvalue weighted by atomic mass is 32.1. The lowest BCUT2D eigenvalue weighted by atomic mass is 10.3. The first-order chi connectivity index (χ1) is 9.87. The van der Waals surface area contributed by atoms with E-state index >= 15 is 0 Å². The molecule has 0 spiro atoms. The topological polar surface area (TPSA) is 33.1 Å². The summed E-state index contributed by atoms with van der Waals surface area (Å²) in [7, 11) is 0. The van der Waals surface area contributed by atoms with Crippen molar-refractivity contribution < 1.29 is 0 Å². The van der Waals surface area contributed by atoms with Gasteiger partial charge in [-0.15, -0.1) is 11.3 Å². The molecule has 1 fully saturated rings. The van der Waals surface area contributed by atoms with Gasteiger partial charge in [-0.05, 0) is 25.0 Å². The lowest BCUT2D eigenvalue weighted by Gasteiger charge is -2.26. The molecule has 0 unspecified atom stereocenters. The molecule has 3 heterocycles. The van der Waals surface area contributed by atoms with Gasteiger partial charge in [-0.3, -0.25) is 4.90 Å². The number of rotatable bonds is 5. The van der Waals surface area contributed by atoms with E-state index in [0.29, 0.717) is 0 Å². The summed E-state index contributed by atoms with van der Waals surface area (Å²) in [5.41, 5.74) is 0. The van der Waals surface area contributed by atoms with Crippen LogP contribution in [0, 0.1) is 0 Å². The second-order valence-corrected chi connectivity index (χ2v) is 7.02. The van der Waals surface area contributed by atoms with Crippen LogP contribution in [0.1, 0.15) is 28.4 Å². The number of nitrogens with zero attached hydrogens (tertiary/aromatic N) is 3. The van der Waals surface area contributed by atoms with Crippen molar-refractivity contribution in [2.24, 2.45) is 0 Å². The molecule has 2 aromatic rings. The fourth-order valence-corrected chi connectivity index (χ4v) is 3.73. The lowest BCUT2D eigenvalue weighted by molar-refractivity contribution is 0.210. The lowest BCUT2D eigenvalue weighted by Crippen LogP contribution is -2.32. The van der Waals surface area contributed by atoms with Crippen LogP contribution in [0.25, 0.3) is 0 Å². The second kappa shape index (κ2) is 5.31. The number of thiophene rings is 1. The van der Waals surface area contributed by atoms with Crippen LogP contribution in [0.2, 0.25) is 0 Å². The molecule has 0 atom stereocenters. The largest absolute Gasteiger partial charge is 0.333 e. The fourth-order valence-electron chi connectivity index (χ4n) is 2.71. The summed E-state index contributed by atoms with van der Waals surface area (Å²) >= 11 is 1.95. The third-order valence-electron chi connectivity index (χ3n) is 4.06. The minimum atomic E-state index is 0.793. The van der Waals surface area contributed by atoms with Crippen LogP contribution in [0.15, 0.2) is 24.5 Å². The Kier molecular flexibility index (Phi) is 3.34. The maximum atomic E-state index is 4.42. The van der Waals surface area contributed by atoms with Crippen molar-refractivity contribution in [3.05, 3.63) is 40.1 Å². The SMILES string of the molecule is c1cn2c(n1)CN(Cc1ccc(CNC3CC3)s1)CC2. The minimum absolute atomic E-state index is 0.793. The number of aromatic nitrogens is 2. The van der Waals surface area contributed by atoms with E-state index in [1.165, 1.54) is 28.4 Å². The van der Waals surface area contributed by atoms with Gasteiger partial charge >= 0.3 is 0 Å². The van der Waals surface area contributed by atoms with Gasteiger partial charge in [0, 0.05) is 54.4 Å². The molecule has 0 bridgehead atoms. The van der Waals surface area contributed by atoms with Gasteiger partial charge in [-0.1, -0.05) is 0 Å². The molecule has 0 amide bonds. The van der Waals surface area contributed by atoms with Gasteiger partial charge in [-0.2, -0.15) is 0 Å². The van der Waals surface area contributed by atoms with Gasteiger partial charge < -0.3 is 9.88 Å². The summed E-state index contributed by atoms with van der Waals surface area (Å²) in [5.74, 6) is 1.20. The fraction of sp³-hybridized carbons (Fsp3) is 0.533. The zero-order valence-corrected chi connectivity index (χ0v) is 12.4. The molecule has 5 heteroatoms. The number of fused-ring (bicyclic) bond motifs is 1. The van der Waals surface area contributed by atoms with E-state index in [2.05, 4.69) is 38.1 Å². The maximum absolute atomic E-state index is 4.42. The van der Waals surface area contributed by atoms with Crippen LogP contribution in [0.4, 0.5) is 0 Å². The van der Waals surface area contributed by atoms with Crippen molar-refractivity contribution in [3.63, 3.8) is 0 Å². The molecule has 0 saturated heterocycles. The average Bonchev–Trinajstić information content (AvgIpc) is 2.99. The molecule has 4 nitrogen and oxygen atoms in total. The standard InChI is InChI=1S/C15H20N4S/c1-2-12(1)17-9-13-3-4-14(20-13)10-18-7-8-19-6-5-16-15(19)11-18/h3-6,12,17H,1-2,7-11H2. The van der Waals surface area contributed by atoms with Gasteiger partial charge in [0.15, 0.2) is 0 Å². The minimum Gasteiger partial charge on any atom is -0.333 e. The van der Waals surface area contributed by atoms with E-state index in [4.69, 9.17) is 0 Å². The monoisotopic (exact) mass is 288 g/mol. The van der Waals surface area contributed by atoms with Gasteiger partial charge in [0.05, 0.1) is 6.54 Å². The highest BCUT2D eigenvalue weighted by molar-refractivity contribution is 7.11. The highest BCUT2D eigenvalue weighted by Gasteiger charge is 2.20. The molecule has 1 saturated carbocycles. The Morgan fingerprint density at radius 1 is 1.25 bits per heavy atom. The molecular weight excluding hydrogens is 268 g/mol. The summed E-state index contributed by atoms with van der Waals surface area (Å²) < 4.78 is 2.26. The van der Waals surface area contributed by atoms with Crippen molar-refractivity contribution in [1.29, 1.82) is 0 Å². The van der Waals surface area contributed by atoms with Gasteiger partial charge in [0.25, 0.3) is 0 Å². The third-order valence-corrected chi connectivity index (χ3v) is 5.13. The first-order valence-electron chi connectivity index (χ1n) is 7.40. The molecule has 2 aromatic heterocycles. The second-order valence-electron chi connectivity index (χ2n) is 5.77. The molecule has 106 valence electrons. The highest BCUT2D eigenvalue weighted by Crippen LogP contribution is 2.23. The Morgan fingerprint density at radius 2 is 2.15 bits per heavy atom. The first kappa shape index (κ1) is 12.6. The Balaban J connectivity index is 1.34. The predicted molar refractivity (Wildman–Crippen MR) is 80.5 cm³/mol. The van der Waals surface area contributed by atoms with Crippen LogP contribution < -0.4 is 5.32 Å². The smallest absolute Gasteiger partial charge is 0.122 e. The molecular formula is C15H20N4S. The molecule has 1 aliphatic heterocycles. The van der Waals surface area contributed by atoms with E-state index in [-0.39, 0.29) is 0 Å². The summed E-state index contributed by atoms with van der Waals surface area (Å²) in [6.45, 7) is 5.26. The quantitative estimate of drug-likeness (QED) is 0.916. The third kappa shape index (κ3) is 2.80. The average molecular weight is 288 g/mol. The van der Waals surface area contributed by atoms with Crippen molar-refractivity contribution in [3.8, 4) is 0 Å². The van der Waals surface area contributed by atoms with E-state index < -0.39 is 0 Å². The van der Waals surface area contributed by atoms with E-state index in [0.717, 1.165) is 38.8 Å². The Hall–Kier alpha value is -1.17. The van der Waals surface area contributed by atoms with Crippen molar-refractivity contribution in [2.75, 3.05) is 6.54 Å². The summed E-state index contributed by atoms with van der Waals surface area (Å²) in [5, 5.41) is 3.58. The van der Waals surface area contributed by atoms with Crippen molar-refractivity contribution in [1.82, 2.24) is 19.8 Å².